The Hall–Kier alpha value is -1.90. The SMILES string of the molecule is CC(C)CCn1c(=O)c2sccc2n2c(SCc3c(F)cccc3Cl)nnc12. The van der Waals surface area contributed by atoms with Crippen LogP contribution in [0.5, 0.6) is 0 Å². The van der Waals surface area contributed by atoms with Crippen molar-refractivity contribution in [3.05, 3.63) is 56.4 Å². The van der Waals surface area contributed by atoms with E-state index in [1.54, 1.807) is 16.7 Å². The summed E-state index contributed by atoms with van der Waals surface area (Å²) in [5.74, 6) is 0.955. The predicted octanol–water partition coefficient (Wildman–Crippen LogP) is 5.24. The molecule has 0 N–H and O–H groups in total. The van der Waals surface area contributed by atoms with Crippen LogP contribution in [0.2, 0.25) is 5.02 Å². The topological polar surface area (TPSA) is 52.2 Å². The van der Waals surface area contributed by atoms with Gasteiger partial charge in [0.1, 0.15) is 10.5 Å². The van der Waals surface area contributed by atoms with Crippen LogP contribution in [0.1, 0.15) is 25.8 Å². The largest absolute Gasteiger partial charge is 0.276 e. The maximum Gasteiger partial charge on any atom is 0.272 e. The molecule has 4 rings (SSSR count). The quantitative estimate of drug-likeness (QED) is 0.388. The van der Waals surface area contributed by atoms with E-state index in [1.807, 2.05) is 15.8 Å². The van der Waals surface area contributed by atoms with Crippen molar-refractivity contribution < 1.29 is 4.39 Å². The van der Waals surface area contributed by atoms with Crippen molar-refractivity contribution in [1.82, 2.24) is 19.2 Å². The van der Waals surface area contributed by atoms with Gasteiger partial charge in [0.25, 0.3) is 5.56 Å². The molecule has 0 unspecified atom stereocenters. The average molecular weight is 437 g/mol. The lowest BCUT2D eigenvalue weighted by Gasteiger charge is -2.11. The smallest absolute Gasteiger partial charge is 0.272 e. The Kier molecular flexibility index (Phi) is 5.44. The number of thioether (sulfide) groups is 1. The zero-order valence-electron chi connectivity index (χ0n) is 15.4. The van der Waals surface area contributed by atoms with Crippen LogP contribution >= 0.6 is 34.7 Å². The standard InChI is InChI=1S/C19H18ClFN4OS2/c1-11(2)6-8-24-17(26)16-15(7-9-27-16)25-18(24)22-23-19(25)28-10-12-13(20)4-3-5-14(12)21/h3-5,7,9,11H,6,8,10H2,1-2H3. The van der Waals surface area contributed by atoms with Crippen molar-refractivity contribution in [2.45, 2.75) is 37.7 Å². The number of hydrogen-bond acceptors (Lipinski definition) is 5. The fourth-order valence-corrected chi connectivity index (χ4v) is 5.10. The number of halogens is 2. The average Bonchev–Trinajstić information content (AvgIpc) is 3.28. The zero-order chi connectivity index (χ0) is 19.8. The number of aromatic nitrogens is 4. The first-order valence-corrected chi connectivity index (χ1v) is 11.1. The summed E-state index contributed by atoms with van der Waals surface area (Å²) >= 11 is 8.90. The van der Waals surface area contributed by atoms with E-state index in [0.717, 1.165) is 11.9 Å². The Morgan fingerprint density at radius 3 is 2.86 bits per heavy atom. The van der Waals surface area contributed by atoms with Crippen molar-refractivity contribution >= 4 is 50.7 Å². The van der Waals surface area contributed by atoms with Gasteiger partial charge in [0.2, 0.25) is 5.78 Å². The van der Waals surface area contributed by atoms with Crippen LogP contribution in [0.15, 0.2) is 39.6 Å². The van der Waals surface area contributed by atoms with E-state index in [2.05, 4.69) is 24.0 Å². The lowest BCUT2D eigenvalue weighted by molar-refractivity contribution is 0.512. The molecule has 28 heavy (non-hydrogen) atoms. The van der Waals surface area contributed by atoms with Gasteiger partial charge in [-0.1, -0.05) is 43.3 Å². The number of hydrogen-bond donors (Lipinski definition) is 0. The third-order valence-corrected chi connectivity index (χ3v) is 6.72. The number of thiophene rings is 1. The van der Waals surface area contributed by atoms with Crippen molar-refractivity contribution in [2.24, 2.45) is 5.92 Å². The molecule has 0 radical (unpaired) electrons. The number of nitrogens with zero attached hydrogens (tertiary/aromatic N) is 4. The molecule has 1 aromatic carbocycles. The molecule has 0 aliphatic rings. The molecular weight excluding hydrogens is 419 g/mol. The summed E-state index contributed by atoms with van der Waals surface area (Å²) in [5, 5.41) is 11.4. The molecular formula is C19H18ClFN4OS2. The second-order valence-electron chi connectivity index (χ2n) is 6.88. The van der Waals surface area contributed by atoms with Crippen molar-refractivity contribution in [3.63, 3.8) is 0 Å². The second-order valence-corrected chi connectivity index (χ2v) is 9.15. The number of aryl methyl sites for hydroxylation is 1. The van der Waals surface area contributed by atoms with Crippen LogP contribution in [-0.4, -0.2) is 19.2 Å². The van der Waals surface area contributed by atoms with Gasteiger partial charge in [-0.05, 0) is 35.9 Å². The minimum absolute atomic E-state index is 0.0424. The molecule has 0 fully saturated rings. The molecule has 0 saturated carbocycles. The Morgan fingerprint density at radius 1 is 1.29 bits per heavy atom. The molecule has 0 saturated heterocycles. The van der Waals surface area contributed by atoms with Gasteiger partial charge in [-0.2, -0.15) is 0 Å². The van der Waals surface area contributed by atoms with Gasteiger partial charge in [0.15, 0.2) is 5.16 Å². The molecule has 3 aromatic heterocycles. The molecule has 0 atom stereocenters. The van der Waals surface area contributed by atoms with Crippen molar-refractivity contribution in [1.29, 1.82) is 0 Å². The van der Waals surface area contributed by atoms with E-state index in [1.165, 1.54) is 29.2 Å². The maximum atomic E-state index is 14.1. The van der Waals surface area contributed by atoms with Gasteiger partial charge in [0, 0.05) is 22.9 Å². The first-order valence-electron chi connectivity index (χ1n) is 8.88. The molecule has 4 aromatic rings. The van der Waals surface area contributed by atoms with E-state index in [9.17, 15) is 9.18 Å². The molecule has 0 aliphatic heterocycles. The monoisotopic (exact) mass is 436 g/mol. The predicted molar refractivity (Wildman–Crippen MR) is 113 cm³/mol. The summed E-state index contributed by atoms with van der Waals surface area (Å²) in [6, 6.07) is 6.54. The van der Waals surface area contributed by atoms with E-state index >= 15 is 0 Å². The minimum atomic E-state index is -0.344. The molecule has 5 nitrogen and oxygen atoms in total. The highest BCUT2D eigenvalue weighted by atomic mass is 35.5. The van der Waals surface area contributed by atoms with Crippen LogP contribution in [0, 0.1) is 11.7 Å². The van der Waals surface area contributed by atoms with Crippen LogP contribution in [0.3, 0.4) is 0 Å². The normalized spacial score (nSPS) is 11.9. The Bertz CT molecular complexity index is 1190. The molecule has 0 bridgehead atoms. The van der Waals surface area contributed by atoms with Crippen LogP contribution < -0.4 is 5.56 Å². The van der Waals surface area contributed by atoms with E-state index in [0.29, 0.717) is 44.4 Å². The Morgan fingerprint density at radius 2 is 2.11 bits per heavy atom. The second kappa shape index (κ2) is 7.85. The first-order chi connectivity index (χ1) is 13.5. The fourth-order valence-electron chi connectivity index (χ4n) is 2.99. The number of rotatable bonds is 6. The van der Waals surface area contributed by atoms with Crippen molar-refractivity contribution in [3.8, 4) is 0 Å². The molecule has 3 heterocycles. The van der Waals surface area contributed by atoms with Gasteiger partial charge >= 0.3 is 0 Å². The first kappa shape index (κ1) is 19.4. The lowest BCUT2D eigenvalue weighted by atomic mass is 10.1. The van der Waals surface area contributed by atoms with E-state index < -0.39 is 0 Å². The van der Waals surface area contributed by atoms with Gasteiger partial charge < -0.3 is 0 Å². The lowest BCUT2D eigenvalue weighted by Crippen LogP contribution is -2.23. The molecule has 0 aliphatic carbocycles. The van der Waals surface area contributed by atoms with Gasteiger partial charge in [0.05, 0.1) is 5.52 Å². The Labute approximate surface area is 174 Å². The van der Waals surface area contributed by atoms with Gasteiger partial charge in [-0.3, -0.25) is 13.8 Å². The van der Waals surface area contributed by atoms with Crippen LogP contribution in [0.25, 0.3) is 16.0 Å². The van der Waals surface area contributed by atoms with Crippen LogP contribution in [0.4, 0.5) is 4.39 Å². The van der Waals surface area contributed by atoms with E-state index in [-0.39, 0.29) is 11.4 Å². The summed E-state index contributed by atoms with van der Waals surface area (Å²) in [6.07, 6.45) is 0.868. The third kappa shape index (κ3) is 3.44. The molecule has 0 amide bonds. The fraction of sp³-hybridized carbons (Fsp3) is 0.316. The summed E-state index contributed by atoms with van der Waals surface area (Å²) < 4.78 is 18.3. The summed E-state index contributed by atoms with van der Waals surface area (Å²) in [6.45, 7) is 4.82. The number of fused-ring (bicyclic) bond motifs is 3. The zero-order valence-corrected chi connectivity index (χ0v) is 17.7. The Balaban J connectivity index is 1.79. The highest BCUT2D eigenvalue weighted by molar-refractivity contribution is 7.98. The summed E-state index contributed by atoms with van der Waals surface area (Å²) in [4.78, 5) is 12.9. The summed E-state index contributed by atoms with van der Waals surface area (Å²) in [7, 11) is 0. The van der Waals surface area contributed by atoms with Crippen LogP contribution in [-0.2, 0) is 12.3 Å². The highest BCUT2D eigenvalue weighted by Gasteiger charge is 2.18. The van der Waals surface area contributed by atoms with Gasteiger partial charge in [-0.15, -0.1) is 21.5 Å². The van der Waals surface area contributed by atoms with Crippen molar-refractivity contribution in [2.75, 3.05) is 0 Å². The molecule has 9 heteroatoms. The summed E-state index contributed by atoms with van der Waals surface area (Å²) in [5.41, 5.74) is 1.16. The highest BCUT2D eigenvalue weighted by Crippen LogP contribution is 2.30. The third-order valence-electron chi connectivity index (χ3n) is 4.52. The maximum absolute atomic E-state index is 14.1. The molecule has 146 valence electrons. The van der Waals surface area contributed by atoms with Gasteiger partial charge in [-0.25, -0.2) is 4.39 Å². The molecule has 0 spiro atoms. The van der Waals surface area contributed by atoms with E-state index in [4.69, 9.17) is 11.6 Å². The minimum Gasteiger partial charge on any atom is -0.276 e. The number of benzene rings is 1.